The maximum atomic E-state index is 12.3. The van der Waals surface area contributed by atoms with E-state index in [0.717, 1.165) is 11.1 Å². The summed E-state index contributed by atoms with van der Waals surface area (Å²) in [4.78, 5) is 16.8. The van der Waals surface area contributed by atoms with Crippen molar-refractivity contribution in [1.29, 1.82) is 0 Å². The summed E-state index contributed by atoms with van der Waals surface area (Å²) in [6, 6.07) is 14.1. The largest absolute Gasteiger partial charge is 0.499 e. The van der Waals surface area contributed by atoms with E-state index in [1.165, 1.54) is 7.11 Å². The first-order chi connectivity index (χ1) is 14.9. The van der Waals surface area contributed by atoms with E-state index in [1.54, 1.807) is 45.2 Å². The zero-order valence-electron chi connectivity index (χ0n) is 17.9. The number of hydrogen-bond acceptors (Lipinski definition) is 6. The molecule has 3 aromatic rings. The monoisotopic (exact) mass is 420 g/mol. The van der Waals surface area contributed by atoms with Crippen LogP contribution in [-0.2, 0) is 4.74 Å². The molecule has 0 spiro atoms. The van der Waals surface area contributed by atoms with Crippen LogP contribution in [0.5, 0.6) is 5.75 Å². The molecule has 0 saturated carbocycles. The minimum absolute atomic E-state index is 0.372. The highest BCUT2D eigenvalue weighted by Crippen LogP contribution is 2.25. The molecular weight excluding hydrogens is 396 g/mol. The van der Waals surface area contributed by atoms with Gasteiger partial charge in [0.05, 0.1) is 19.9 Å². The summed E-state index contributed by atoms with van der Waals surface area (Å²) in [5.74, 6) is 2.12. The van der Waals surface area contributed by atoms with Crippen LogP contribution in [0.1, 0.15) is 13.8 Å². The molecular formula is C23H24N4O4. The molecule has 2 N–H and O–H groups in total. The van der Waals surface area contributed by atoms with Gasteiger partial charge in [0, 0.05) is 16.8 Å². The molecule has 160 valence electrons. The van der Waals surface area contributed by atoms with Gasteiger partial charge >= 0.3 is 6.03 Å². The van der Waals surface area contributed by atoms with Gasteiger partial charge in [0.2, 0.25) is 5.82 Å². The number of anilines is 1. The average Bonchev–Trinajstić information content (AvgIpc) is 3.27. The van der Waals surface area contributed by atoms with Gasteiger partial charge in [-0.2, -0.15) is 4.98 Å². The lowest BCUT2D eigenvalue weighted by atomic mass is 10.2. The third-order valence-electron chi connectivity index (χ3n) is 4.47. The molecule has 2 aromatic carbocycles. The number of rotatable bonds is 7. The van der Waals surface area contributed by atoms with Gasteiger partial charge in [0.15, 0.2) is 0 Å². The van der Waals surface area contributed by atoms with E-state index in [0.29, 0.717) is 40.2 Å². The van der Waals surface area contributed by atoms with Gasteiger partial charge in [-0.3, -0.25) is 0 Å². The van der Waals surface area contributed by atoms with Crippen molar-refractivity contribution < 1.29 is 18.8 Å². The summed E-state index contributed by atoms with van der Waals surface area (Å²) in [6.45, 7) is 7.39. The molecule has 8 heteroatoms. The molecule has 1 heterocycles. The van der Waals surface area contributed by atoms with E-state index in [4.69, 9.17) is 14.0 Å². The number of nitrogens with one attached hydrogen (secondary N) is 2. The van der Waals surface area contributed by atoms with Crippen LogP contribution in [0.15, 0.2) is 76.7 Å². The number of carbonyl (C=O) groups is 1. The van der Waals surface area contributed by atoms with Gasteiger partial charge in [-0.1, -0.05) is 23.9 Å². The first-order valence-electron chi connectivity index (χ1n) is 9.48. The van der Waals surface area contributed by atoms with Gasteiger partial charge < -0.3 is 24.6 Å². The topological polar surface area (TPSA) is 98.5 Å². The van der Waals surface area contributed by atoms with Crippen LogP contribution in [0.2, 0.25) is 0 Å². The van der Waals surface area contributed by atoms with Crippen LogP contribution < -0.4 is 15.4 Å². The molecule has 2 amide bonds. The Bertz CT molecular complexity index is 1120. The number of allylic oxidation sites excluding steroid dienone is 2. The standard InChI is InChI=1S/C23H24N4O4/c1-14(2)20(15(3)29-4)25-23(28)24-18-11-9-16(10-12-18)22-26-21(27-31-22)17-7-6-8-19(13-17)30-5/h6-13H,1H2,2-5H3,(H2,24,25,28)/b20-15+. The van der Waals surface area contributed by atoms with Crippen molar-refractivity contribution in [3.05, 3.63) is 72.1 Å². The first-order valence-corrected chi connectivity index (χ1v) is 9.48. The Hall–Kier alpha value is -4.07. The summed E-state index contributed by atoms with van der Waals surface area (Å²) < 4.78 is 15.8. The van der Waals surface area contributed by atoms with Crippen molar-refractivity contribution in [1.82, 2.24) is 15.5 Å². The molecule has 8 nitrogen and oxygen atoms in total. The zero-order chi connectivity index (χ0) is 22.4. The highest BCUT2D eigenvalue weighted by atomic mass is 16.5. The number of nitrogens with zero attached hydrogens (tertiary/aromatic N) is 2. The second kappa shape index (κ2) is 9.62. The molecule has 3 rings (SSSR count). The first kappa shape index (κ1) is 21.6. The van der Waals surface area contributed by atoms with Gasteiger partial charge in [-0.15, -0.1) is 0 Å². The smallest absolute Gasteiger partial charge is 0.323 e. The predicted octanol–water partition coefficient (Wildman–Crippen LogP) is 4.99. The zero-order valence-corrected chi connectivity index (χ0v) is 17.9. The summed E-state index contributed by atoms with van der Waals surface area (Å²) in [5, 5.41) is 9.55. The Morgan fingerprint density at radius 3 is 2.45 bits per heavy atom. The molecule has 0 aliphatic heterocycles. The van der Waals surface area contributed by atoms with Crippen molar-refractivity contribution >= 4 is 11.7 Å². The van der Waals surface area contributed by atoms with E-state index in [2.05, 4.69) is 27.4 Å². The fraction of sp³-hybridized carbons (Fsp3) is 0.174. The molecule has 0 aliphatic carbocycles. The number of urea groups is 1. The Balaban J connectivity index is 1.70. The minimum Gasteiger partial charge on any atom is -0.499 e. The quantitative estimate of drug-likeness (QED) is 0.413. The fourth-order valence-corrected chi connectivity index (χ4v) is 2.79. The van der Waals surface area contributed by atoms with Crippen molar-refractivity contribution in [3.8, 4) is 28.6 Å². The third kappa shape index (κ3) is 5.30. The molecule has 0 fully saturated rings. The summed E-state index contributed by atoms with van der Waals surface area (Å²) in [7, 11) is 3.14. The molecule has 0 saturated heterocycles. The molecule has 0 atom stereocenters. The lowest BCUT2D eigenvalue weighted by Gasteiger charge is -2.13. The Kier molecular flexibility index (Phi) is 6.71. The number of aromatic nitrogens is 2. The predicted molar refractivity (Wildman–Crippen MR) is 118 cm³/mol. The lowest BCUT2D eigenvalue weighted by Crippen LogP contribution is -2.29. The molecule has 0 radical (unpaired) electrons. The number of hydrogen-bond donors (Lipinski definition) is 2. The van der Waals surface area contributed by atoms with Gasteiger partial charge in [0.1, 0.15) is 11.5 Å². The van der Waals surface area contributed by atoms with E-state index in [1.807, 2.05) is 24.3 Å². The van der Waals surface area contributed by atoms with E-state index in [9.17, 15) is 4.79 Å². The highest BCUT2D eigenvalue weighted by molar-refractivity contribution is 5.91. The molecule has 0 unspecified atom stereocenters. The van der Waals surface area contributed by atoms with Crippen LogP contribution in [0, 0.1) is 0 Å². The summed E-state index contributed by atoms with van der Waals surface area (Å²) >= 11 is 0. The fourth-order valence-electron chi connectivity index (χ4n) is 2.79. The number of carbonyl (C=O) groups excluding carboxylic acids is 1. The Morgan fingerprint density at radius 2 is 1.81 bits per heavy atom. The second-order valence-electron chi connectivity index (χ2n) is 6.73. The van der Waals surface area contributed by atoms with E-state index >= 15 is 0 Å². The van der Waals surface area contributed by atoms with Crippen molar-refractivity contribution in [2.75, 3.05) is 19.5 Å². The lowest BCUT2D eigenvalue weighted by molar-refractivity contribution is 0.252. The van der Waals surface area contributed by atoms with Crippen LogP contribution in [-0.4, -0.2) is 30.4 Å². The van der Waals surface area contributed by atoms with E-state index in [-0.39, 0.29) is 0 Å². The molecule has 31 heavy (non-hydrogen) atoms. The van der Waals surface area contributed by atoms with Gasteiger partial charge in [-0.05, 0) is 55.8 Å². The Labute approximate surface area is 180 Å². The number of ether oxygens (including phenoxy) is 2. The number of methoxy groups -OCH3 is 2. The maximum Gasteiger partial charge on any atom is 0.323 e. The van der Waals surface area contributed by atoms with Crippen molar-refractivity contribution in [3.63, 3.8) is 0 Å². The summed E-state index contributed by atoms with van der Waals surface area (Å²) in [5.41, 5.74) is 3.34. The number of benzene rings is 2. The van der Waals surface area contributed by atoms with Gasteiger partial charge in [-0.25, -0.2) is 4.79 Å². The SMILES string of the molecule is C=C(C)/C(NC(=O)Nc1ccc(-c2nc(-c3cccc(OC)c3)no2)cc1)=C(/C)OC. The average molecular weight is 420 g/mol. The maximum absolute atomic E-state index is 12.3. The van der Waals surface area contributed by atoms with Crippen LogP contribution in [0.25, 0.3) is 22.8 Å². The van der Waals surface area contributed by atoms with Crippen molar-refractivity contribution in [2.45, 2.75) is 13.8 Å². The Morgan fingerprint density at radius 1 is 1.06 bits per heavy atom. The normalized spacial score (nSPS) is 11.4. The van der Waals surface area contributed by atoms with Crippen LogP contribution in [0.4, 0.5) is 10.5 Å². The molecule has 1 aromatic heterocycles. The second-order valence-corrected chi connectivity index (χ2v) is 6.73. The van der Waals surface area contributed by atoms with Gasteiger partial charge in [0.25, 0.3) is 5.89 Å². The minimum atomic E-state index is -0.403. The van der Waals surface area contributed by atoms with E-state index < -0.39 is 6.03 Å². The number of amides is 2. The van der Waals surface area contributed by atoms with Crippen LogP contribution >= 0.6 is 0 Å². The molecule has 0 bridgehead atoms. The third-order valence-corrected chi connectivity index (χ3v) is 4.47. The highest BCUT2D eigenvalue weighted by Gasteiger charge is 2.13. The molecule has 0 aliphatic rings. The van der Waals surface area contributed by atoms with Crippen LogP contribution in [0.3, 0.4) is 0 Å². The summed E-state index contributed by atoms with van der Waals surface area (Å²) in [6.07, 6.45) is 0. The van der Waals surface area contributed by atoms with Crippen molar-refractivity contribution in [2.24, 2.45) is 0 Å².